The van der Waals surface area contributed by atoms with Crippen LogP contribution in [0.15, 0.2) is 54.2 Å². The zero-order chi connectivity index (χ0) is 17.2. The Morgan fingerprint density at radius 3 is 2.48 bits per heavy atom. The molecule has 0 atom stereocenters. The molecule has 5 rings (SSSR count). The van der Waals surface area contributed by atoms with Gasteiger partial charge in [-0.25, -0.2) is 0 Å². The van der Waals surface area contributed by atoms with Gasteiger partial charge in [-0.05, 0) is 42.7 Å². The molecule has 4 heteroatoms. The van der Waals surface area contributed by atoms with Crippen molar-refractivity contribution in [2.45, 2.75) is 19.4 Å². The SMILES string of the molecule is O=C1/C(=C/c2ccc(OCc3ccccc3Cl)cc2)N2CCC1CC2. The molecule has 3 fully saturated rings. The molecule has 3 aliphatic rings. The maximum Gasteiger partial charge on any atom is 0.182 e. The molecule has 25 heavy (non-hydrogen) atoms. The standard InChI is InChI=1S/C21H20ClNO2/c22-19-4-2-1-3-17(19)14-25-18-7-5-15(6-8-18)13-20-21(24)16-9-11-23(20)12-10-16/h1-8,13,16H,9-12,14H2/b20-13-. The second kappa shape index (κ2) is 6.93. The van der Waals surface area contributed by atoms with Crippen LogP contribution in [0.3, 0.4) is 0 Å². The van der Waals surface area contributed by atoms with E-state index in [-0.39, 0.29) is 5.92 Å². The molecule has 0 aromatic heterocycles. The van der Waals surface area contributed by atoms with Gasteiger partial charge >= 0.3 is 0 Å². The van der Waals surface area contributed by atoms with Crippen molar-refractivity contribution in [1.82, 2.24) is 4.90 Å². The maximum absolute atomic E-state index is 12.4. The van der Waals surface area contributed by atoms with E-state index in [1.165, 1.54) is 0 Å². The highest BCUT2D eigenvalue weighted by Gasteiger charge is 2.36. The molecule has 0 N–H and O–H groups in total. The number of fused-ring (bicyclic) bond motifs is 3. The van der Waals surface area contributed by atoms with Crippen LogP contribution in [0, 0.1) is 5.92 Å². The van der Waals surface area contributed by atoms with Crippen molar-refractivity contribution in [3.8, 4) is 5.75 Å². The Labute approximate surface area is 152 Å². The molecule has 0 amide bonds. The minimum atomic E-state index is 0.231. The molecule has 2 aromatic rings. The van der Waals surface area contributed by atoms with Gasteiger partial charge in [-0.1, -0.05) is 41.9 Å². The molecule has 0 aliphatic carbocycles. The van der Waals surface area contributed by atoms with E-state index in [2.05, 4.69) is 4.90 Å². The average Bonchev–Trinajstić information content (AvgIpc) is 2.65. The smallest absolute Gasteiger partial charge is 0.182 e. The summed E-state index contributed by atoms with van der Waals surface area (Å²) in [5.41, 5.74) is 2.86. The molecule has 0 unspecified atom stereocenters. The molecule has 2 aromatic carbocycles. The van der Waals surface area contributed by atoms with Crippen LogP contribution in [0.1, 0.15) is 24.0 Å². The molecule has 128 valence electrons. The van der Waals surface area contributed by atoms with E-state index in [1.807, 2.05) is 54.6 Å². The average molecular weight is 354 g/mol. The molecule has 0 spiro atoms. The number of benzene rings is 2. The van der Waals surface area contributed by atoms with Crippen LogP contribution in [0.4, 0.5) is 0 Å². The minimum Gasteiger partial charge on any atom is -0.489 e. The largest absolute Gasteiger partial charge is 0.489 e. The number of allylic oxidation sites excluding steroid dienone is 1. The lowest BCUT2D eigenvalue weighted by atomic mass is 9.84. The highest BCUT2D eigenvalue weighted by Crippen LogP contribution is 2.32. The number of hydrogen-bond acceptors (Lipinski definition) is 3. The zero-order valence-corrected chi connectivity index (χ0v) is 14.7. The Morgan fingerprint density at radius 2 is 1.80 bits per heavy atom. The number of carbonyl (C=O) groups excluding carboxylic acids is 1. The number of ether oxygens (including phenoxy) is 1. The van der Waals surface area contributed by atoms with Gasteiger partial charge in [-0.2, -0.15) is 0 Å². The van der Waals surface area contributed by atoms with Crippen LogP contribution in [-0.4, -0.2) is 23.8 Å². The second-order valence-electron chi connectivity index (χ2n) is 6.60. The summed E-state index contributed by atoms with van der Waals surface area (Å²) in [6.07, 6.45) is 4.02. The maximum atomic E-state index is 12.4. The topological polar surface area (TPSA) is 29.5 Å². The summed E-state index contributed by atoms with van der Waals surface area (Å²) in [5, 5.41) is 0.712. The molecule has 3 aliphatic heterocycles. The Bertz CT molecular complexity index is 805. The summed E-state index contributed by atoms with van der Waals surface area (Å²) < 4.78 is 5.81. The fraction of sp³-hybridized carbons (Fsp3) is 0.286. The summed E-state index contributed by atoms with van der Waals surface area (Å²) in [6, 6.07) is 15.5. The van der Waals surface area contributed by atoms with Crippen molar-refractivity contribution in [3.05, 3.63) is 70.4 Å². The molecule has 0 saturated carbocycles. The summed E-state index contributed by atoms with van der Waals surface area (Å²) in [5.74, 6) is 1.32. The van der Waals surface area contributed by atoms with Crippen molar-refractivity contribution in [3.63, 3.8) is 0 Å². The predicted octanol–water partition coefficient (Wildman–Crippen LogP) is 4.55. The Balaban J connectivity index is 1.45. The van der Waals surface area contributed by atoms with Gasteiger partial charge in [0.15, 0.2) is 5.78 Å². The van der Waals surface area contributed by atoms with Gasteiger partial charge in [-0.3, -0.25) is 4.79 Å². The number of ketones is 1. The van der Waals surface area contributed by atoms with Crippen LogP contribution < -0.4 is 4.74 Å². The van der Waals surface area contributed by atoms with Crippen LogP contribution in [-0.2, 0) is 11.4 Å². The van der Waals surface area contributed by atoms with E-state index >= 15 is 0 Å². The van der Waals surface area contributed by atoms with Crippen molar-refractivity contribution in [1.29, 1.82) is 0 Å². The minimum absolute atomic E-state index is 0.231. The zero-order valence-electron chi connectivity index (χ0n) is 14.0. The lowest BCUT2D eigenvalue weighted by Gasteiger charge is -2.41. The summed E-state index contributed by atoms with van der Waals surface area (Å²) >= 11 is 6.14. The fourth-order valence-electron chi connectivity index (χ4n) is 3.50. The number of nitrogens with zero attached hydrogens (tertiary/aromatic N) is 1. The molecule has 3 nitrogen and oxygen atoms in total. The number of piperidine rings is 3. The van der Waals surface area contributed by atoms with E-state index in [4.69, 9.17) is 16.3 Å². The van der Waals surface area contributed by atoms with Crippen molar-refractivity contribution in [2.75, 3.05) is 13.1 Å². The Kier molecular flexibility index (Phi) is 4.50. The third-order valence-corrected chi connectivity index (χ3v) is 5.36. The van der Waals surface area contributed by atoms with E-state index in [1.54, 1.807) is 0 Å². The normalized spacial score (nSPS) is 18.8. The molecule has 3 saturated heterocycles. The lowest BCUT2D eigenvalue weighted by molar-refractivity contribution is -0.125. The number of halogens is 1. The number of rotatable bonds is 4. The van der Waals surface area contributed by atoms with Crippen LogP contribution in [0.2, 0.25) is 5.02 Å². The van der Waals surface area contributed by atoms with Gasteiger partial charge in [-0.15, -0.1) is 0 Å². The van der Waals surface area contributed by atoms with Gasteiger partial charge in [0.25, 0.3) is 0 Å². The first-order valence-corrected chi connectivity index (χ1v) is 9.05. The van der Waals surface area contributed by atoms with E-state index in [0.29, 0.717) is 17.4 Å². The first-order chi connectivity index (χ1) is 12.2. The molecule has 2 bridgehead atoms. The van der Waals surface area contributed by atoms with E-state index in [9.17, 15) is 4.79 Å². The van der Waals surface area contributed by atoms with Crippen LogP contribution in [0.5, 0.6) is 5.75 Å². The Morgan fingerprint density at radius 1 is 1.08 bits per heavy atom. The van der Waals surface area contributed by atoms with Gasteiger partial charge in [0.05, 0.1) is 5.70 Å². The third kappa shape index (κ3) is 3.42. The predicted molar refractivity (Wildman–Crippen MR) is 99.5 cm³/mol. The molecular weight excluding hydrogens is 334 g/mol. The Hall–Kier alpha value is -2.26. The highest BCUT2D eigenvalue weighted by molar-refractivity contribution is 6.31. The second-order valence-corrected chi connectivity index (χ2v) is 7.01. The first kappa shape index (κ1) is 16.2. The number of carbonyl (C=O) groups is 1. The van der Waals surface area contributed by atoms with E-state index in [0.717, 1.165) is 48.5 Å². The lowest BCUT2D eigenvalue weighted by Crippen LogP contribution is -2.45. The summed E-state index contributed by atoms with van der Waals surface area (Å²) in [6.45, 7) is 2.44. The van der Waals surface area contributed by atoms with Crippen LogP contribution in [0.25, 0.3) is 6.08 Å². The highest BCUT2D eigenvalue weighted by atomic mass is 35.5. The van der Waals surface area contributed by atoms with Crippen molar-refractivity contribution >= 4 is 23.5 Å². The monoisotopic (exact) mass is 353 g/mol. The molecule has 0 radical (unpaired) electrons. The van der Waals surface area contributed by atoms with Gasteiger partial charge in [0, 0.05) is 29.6 Å². The van der Waals surface area contributed by atoms with Crippen molar-refractivity contribution < 1.29 is 9.53 Å². The van der Waals surface area contributed by atoms with E-state index < -0.39 is 0 Å². The third-order valence-electron chi connectivity index (χ3n) is 4.99. The fourth-order valence-corrected chi connectivity index (χ4v) is 3.69. The first-order valence-electron chi connectivity index (χ1n) is 8.68. The quantitative estimate of drug-likeness (QED) is 0.755. The van der Waals surface area contributed by atoms with Crippen LogP contribution >= 0.6 is 11.6 Å². The summed E-state index contributed by atoms with van der Waals surface area (Å²) in [4.78, 5) is 14.6. The van der Waals surface area contributed by atoms with Gasteiger partial charge < -0.3 is 9.64 Å². The molecular formula is C21H20ClNO2. The molecule has 3 heterocycles. The summed E-state index contributed by atoms with van der Waals surface area (Å²) in [7, 11) is 0. The van der Waals surface area contributed by atoms with Gasteiger partial charge in [0.2, 0.25) is 0 Å². The number of Topliss-reactive ketones (excluding diaryl/α,β-unsaturated/α-hetero) is 1. The van der Waals surface area contributed by atoms with Gasteiger partial charge in [0.1, 0.15) is 12.4 Å². The van der Waals surface area contributed by atoms with Crippen molar-refractivity contribution in [2.24, 2.45) is 5.92 Å². The number of hydrogen-bond donors (Lipinski definition) is 0.